The minimum atomic E-state index is -3.60. The number of aryl methyl sites for hydroxylation is 1. The van der Waals surface area contributed by atoms with E-state index in [0.29, 0.717) is 5.92 Å². The van der Waals surface area contributed by atoms with E-state index < -0.39 is 10.1 Å². The van der Waals surface area contributed by atoms with Gasteiger partial charge in [-0.05, 0) is 44.4 Å². The van der Waals surface area contributed by atoms with Crippen molar-refractivity contribution in [2.24, 2.45) is 5.92 Å². The molecule has 1 fully saturated rings. The predicted molar refractivity (Wildman–Crippen MR) is 69.9 cm³/mol. The van der Waals surface area contributed by atoms with Gasteiger partial charge in [0.1, 0.15) is 0 Å². The maximum atomic E-state index is 11.9. The second kappa shape index (κ2) is 5.82. The molecule has 18 heavy (non-hydrogen) atoms. The Bertz CT molecular complexity index is 475. The van der Waals surface area contributed by atoms with Gasteiger partial charge in [0.15, 0.2) is 0 Å². The second-order valence-electron chi connectivity index (χ2n) is 4.76. The molecule has 0 saturated carbocycles. The summed E-state index contributed by atoms with van der Waals surface area (Å²) in [6.45, 7) is 4.04. The first-order chi connectivity index (χ1) is 8.58. The van der Waals surface area contributed by atoms with E-state index in [9.17, 15) is 8.42 Å². The first kappa shape index (κ1) is 13.5. The van der Waals surface area contributed by atoms with E-state index in [1.54, 1.807) is 24.3 Å². The van der Waals surface area contributed by atoms with Crippen LogP contribution in [-0.2, 0) is 14.3 Å². The van der Waals surface area contributed by atoms with Crippen molar-refractivity contribution < 1.29 is 12.6 Å². The van der Waals surface area contributed by atoms with Crippen LogP contribution >= 0.6 is 0 Å². The second-order valence-corrected chi connectivity index (χ2v) is 6.38. The Hall–Kier alpha value is -0.910. The molecule has 0 spiro atoms. The molecular weight excluding hydrogens is 250 g/mol. The highest BCUT2D eigenvalue weighted by Gasteiger charge is 2.19. The summed E-state index contributed by atoms with van der Waals surface area (Å²) < 4.78 is 29.0. The third kappa shape index (κ3) is 3.54. The molecule has 5 heteroatoms. The monoisotopic (exact) mass is 269 g/mol. The summed E-state index contributed by atoms with van der Waals surface area (Å²) in [4.78, 5) is 0.233. The van der Waals surface area contributed by atoms with E-state index >= 15 is 0 Å². The molecule has 100 valence electrons. The van der Waals surface area contributed by atoms with Gasteiger partial charge in [0.05, 0.1) is 11.5 Å². The van der Waals surface area contributed by atoms with Crippen LogP contribution < -0.4 is 5.32 Å². The Kier molecular flexibility index (Phi) is 4.37. The standard InChI is InChI=1S/C13H19NO3S/c1-11-4-6-13(7-5-11)18(15,16)17-10-12-3-2-8-14-9-12/h4-7,12,14H,2-3,8-10H2,1H3/t12-/m0/s1. The van der Waals surface area contributed by atoms with Crippen LogP contribution in [0.4, 0.5) is 0 Å². The van der Waals surface area contributed by atoms with E-state index in [0.717, 1.165) is 31.5 Å². The van der Waals surface area contributed by atoms with Gasteiger partial charge >= 0.3 is 0 Å². The molecule has 1 heterocycles. The van der Waals surface area contributed by atoms with E-state index in [4.69, 9.17) is 4.18 Å². The van der Waals surface area contributed by atoms with Gasteiger partial charge in [-0.2, -0.15) is 8.42 Å². The van der Waals surface area contributed by atoms with Gasteiger partial charge in [-0.1, -0.05) is 17.7 Å². The van der Waals surface area contributed by atoms with Crippen LogP contribution in [0.2, 0.25) is 0 Å². The van der Waals surface area contributed by atoms with Crippen LogP contribution in [0.3, 0.4) is 0 Å². The van der Waals surface area contributed by atoms with Gasteiger partial charge < -0.3 is 5.32 Å². The van der Waals surface area contributed by atoms with Crippen molar-refractivity contribution in [1.82, 2.24) is 5.32 Å². The first-order valence-corrected chi connectivity index (χ1v) is 7.65. The van der Waals surface area contributed by atoms with Crippen molar-refractivity contribution in [2.75, 3.05) is 19.7 Å². The Morgan fingerprint density at radius 3 is 2.67 bits per heavy atom. The number of piperidine rings is 1. The van der Waals surface area contributed by atoms with Gasteiger partial charge in [-0.3, -0.25) is 4.18 Å². The van der Waals surface area contributed by atoms with Crippen LogP contribution in [0.1, 0.15) is 18.4 Å². The van der Waals surface area contributed by atoms with Gasteiger partial charge in [-0.25, -0.2) is 0 Å². The molecule has 1 aliphatic heterocycles. The lowest BCUT2D eigenvalue weighted by Crippen LogP contribution is -2.32. The summed E-state index contributed by atoms with van der Waals surface area (Å²) in [6, 6.07) is 6.73. The number of hydrogen-bond donors (Lipinski definition) is 1. The summed E-state index contributed by atoms with van der Waals surface area (Å²) in [5.41, 5.74) is 1.03. The number of benzene rings is 1. The molecule has 1 atom stereocenters. The third-order valence-electron chi connectivity index (χ3n) is 3.17. The van der Waals surface area contributed by atoms with Crippen molar-refractivity contribution in [3.8, 4) is 0 Å². The number of hydrogen-bond acceptors (Lipinski definition) is 4. The lowest BCUT2D eigenvalue weighted by molar-refractivity contribution is 0.223. The largest absolute Gasteiger partial charge is 0.316 e. The molecule has 0 amide bonds. The molecule has 4 nitrogen and oxygen atoms in total. The normalized spacial score (nSPS) is 20.8. The lowest BCUT2D eigenvalue weighted by Gasteiger charge is -2.22. The van der Waals surface area contributed by atoms with Crippen LogP contribution in [0.15, 0.2) is 29.2 Å². The molecule has 1 aliphatic rings. The van der Waals surface area contributed by atoms with Gasteiger partial charge in [0.25, 0.3) is 10.1 Å². The molecule has 2 rings (SSSR count). The van der Waals surface area contributed by atoms with Gasteiger partial charge in [0, 0.05) is 6.54 Å². The Morgan fingerprint density at radius 2 is 2.06 bits per heavy atom. The van der Waals surface area contributed by atoms with E-state index in [2.05, 4.69) is 5.32 Å². The zero-order valence-corrected chi connectivity index (χ0v) is 11.4. The fourth-order valence-corrected chi connectivity index (χ4v) is 3.00. The van der Waals surface area contributed by atoms with Crippen LogP contribution in [0.25, 0.3) is 0 Å². The van der Waals surface area contributed by atoms with Crippen molar-refractivity contribution in [3.63, 3.8) is 0 Å². The SMILES string of the molecule is Cc1ccc(S(=O)(=O)OC[C@H]2CCCNC2)cc1. The molecule has 0 bridgehead atoms. The Morgan fingerprint density at radius 1 is 1.33 bits per heavy atom. The Balaban J connectivity index is 1.96. The summed E-state index contributed by atoms with van der Waals surface area (Å²) in [5, 5.41) is 3.24. The molecule has 1 aromatic carbocycles. The summed E-state index contributed by atoms with van der Waals surface area (Å²) in [7, 11) is -3.60. The van der Waals surface area contributed by atoms with Crippen LogP contribution in [0.5, 0.6) is 0 Å². The van der Waals surface area contributed by atoms with Crippen molar-refractivity contribution >= 4 is 10.1 Å². The molecule has 1 saturated heterocycles. The molecule has 0 aliphatic carbocycles. The topological polar surface area (TPSA) is 55.4 Å². The molecule has 0 radical (unpaired) electrons. The van der Waals surface area contributed by atoms with Crippen LogP contribution in [-0.4, -0.2) is 28.1 Å². The van der Waals surface area contributed by atoms with Gasteiger partial charge in [-0.15, -0.1) is 0 Å². The minimum Gasteiger partial charge on any atom is -0.316 e. The zero-order valence-electron chi connectivity index (χ0n) is 10.6. The summed E-state index contributed by atoms with van der Waals surface area (Å²) in [6.07, 6.45) is 2.11. The quantitative estimate of drug-likeness (QED) is 0.845. The third-order valence-corrected chi connectivity index (χ3v) is 4.46. The molecule has 1 N–H and O–H groups in total. The summed E-state index contributed by atoms with van der Waals surface area (Å²) >= 11 is 0. The number of rotatable bonds is 4. The van der Waals surface area contributed by atoms with E-state index in [1.807, 2.05) is 6.92 Å². The molecular formula is C13H19NO3S. The highest BCUT2D eigenvalue weighted by Crippen LogP contribution is 2.16. The van der Waals surface area contributed by atoms with E-state index in [-0.39, 0.29) is 11.5 Å². The average molecular weight is 269 g/mol. The fourth-order valence-electron chi connectivity index (χ4n) is 2.03. The minimum absolute atomic E-state index is 0.233. The maximum Gasteiger partial charge on any atom is 0.296 e. The predicted octanol–water partition coefficient (Wildman–Crippen LogP) is 1.70. The first-order valence-electron chi connectivity index (χ1n) is 6.25. The van der Waals surface area contributed by atoms with E-state index in [1.165, 1.54) is 0 Å². The highest BCUT2D eigenvalue weighted by molar-refractivity contribution is 7.86. The molecule has 0 aromatic heterocycles. The zero-order chi connectivity index (χ0) is 13.0. The smallest absolute Gasteiger partial charge is 0.296 e. The summed E-state index contributed by atoms with van der Waals surface area (Å²) in [5.74, 6) is 0.291. The van der Waals surface area contributed by atoms with Crippen LogP contribution in [0, 0.1) is 12.8 Å². The van der Waals surface area contributed by atoms with Gasteiger partial charge in [0.2, 0.25) is 0 Å². The maximum absolute atomic E-state index is 11.9. The van der Waals surface area contributed by atoms with Crippen molar-refractivity contribution in [1.29, 1.82) is 0 Å². The fraction of sp³-hybridized carbons (Fsp3) is 0.538. The number of nitrogens with one attached hydrogen (secondary N) is 1. The highest BCUT2D eigenvalue weighted by atomic mass is 32.2. The Labute approximate surface area is 108 Å². The molecule has 1 aromatic rings. The van der Waals surface area contributed by atoms with Crippen molar-refractivity contribution in [2.45, 2.75) is 24.7 Å². The lowest BCUT2D eigenvalue weighted by atomic mass is 10.0. The average Bonchev–Trinajstić information content (AvgIpc) is 2.38. The molecule has 0 unspecified atom stereocenters. The van der Waals surface area contributed by atoms with Crippen molar-refractivity contribution in [3.05, 3.63) is 29.8 Å².